The van der Waals surface area contributed by atoms with Gasteiger partial charge in [-0.3, -0.25) is 4.98 Å². The fraction of sp³-hybridized carbons (Fsp3) is 0.111. The molecule has 0 atom stereocenters. The van der Waals surface area contributed by atoms with Crippen molar-refractivity contribution in [3.8, 4) is 0 Å². The molecule has 0 aliphatic carbocycles. The minimum Gasteiger partial charge on any atom is -0.264 e. The quantitative estimate of drug-likeness (QED) is 0.624. The van der Waals surface area contributed by atoms with Crippen LogP contribution in [0.4, 0.5) is 0 Å². The molecule has 0 saturated carbocycles. The van der Waals surface area contributed by atoms with Gasteiger partial charge >= 0.3 is 0 Å². The molecule has 0 spiro atoms. The normalized spacial score (nSPS) is 10.4. The van der Waals surface area contributed by atoms with E-state index in [4.69, 9.17) is 0 Å². The Morgan fingerprint density at radius 2 is 2.17 bits per heavy atom. The first-order valence-corrected chi connectivity index (χ1v) is 4.87. The molecule has 2 aromatic heterocycles. The minimum absolute atomic E-state index is 1.01. The lowest BCUT2D eigenvalue weighted by Gasteiger charge is -1.97. The standard InChI is InChI=1S/C9H8N2S/c1-12-9-3-2-7-6-10-5-4-8(7)11-9/h2-6H,1H3. The van der Waals surface area contributed by atoms with Gasteiger partial charge in [-0.15, -0.1) is 11.8 Å². The van der Waals surface area contributed by atoms with Gasteiger partial charge in [0.1, 0.15) is 0 Å². The third kappa shape index (κ3) is 1.28. The number of aromatic nitrogens is 2. The van der Waals surface area contributed by atoms with Crippen LogP contribution in [0.3, 0.4) is 0 Å². The third-order valence-corrected chi connectivity index (χ3v) is 2.32. The Hall–Kier alpha value is -1.09. The Morgan fingerprint density at radius 1 is 1.25 bits per heavy atom. The van der Waals surface area contributed by atoms with Gasteiger partial charge in [0.15, 0.2) is 0 Å². The molecule has 0 saturated heterocycles. The van der Waals surface area contributed by atoms with Gasteiger partial charge in [0, 0.05) is 17.8 Å². The molecule has 0 aliphatic rings. The van der Waals surface area contributed by atoms with Crippen LogP contribution in [0.15, 0.2) is 35.6 Å². The smallest absolute Gasteiger partial charge is 0.0964 e. The molecule has 0 fully saturated rings. The van der Waals surface area contributed by atoms with Crippen molar-refractivity contribution >= 4 is 22.7 Å². The van der Waals surface area contributed by atoms with Crippen LogP contribution in [0.1, 0.15) is 0 Å². The Labute approximate surface area is 75.0 Å². The van der Waals surface area contributed by atoms with Gasteiger partial charge in [0.2, 0.25) is 0 Å². The zero-order chi connectivity index (χ0) is 8.39. The van der Waals surface area contributed by atoms with Crippen LogP contribution < -0.4 is 0 Å². The van der Waals surface area contributed by atoms with Gasteiger partial charge in [-0.05, 0) is 24.5 Å². The van der Waals surface area contributed by atoms with Crippen LogP contribution in [0, 0.1) is 0 Å². The second-order valence-corrected chi connectivity index (χ2v) is 3.25. The lowest BCUT2D eigenvalue weighted by atomic mass is 10.3. The van der Waals surface area contributed by atoms with Gasteiger partial charge < -0.3 is 0 Å². The van der Waals surface area contributed by atoms with Gasteiger partial charge in [-0.2, -0.15) is 0 Å². The molecule has 0 aliphatic heterocycles. The van der Waals surface area contributed by atoms with E-state index in [9.17, 15) is 0 Å². The Bertz CT molecular complexity index is 400. The average molecular weight is 176 g/mol. The average Bonchev–Trinajstić information content (AvgIpc) is 2.17. The van der Waals surface area contributed by atoms with Crippen molar-refractivity contribution in [2.24, 2.45) is 0 Å². The maximum atomic E-state index is 4.42. The molecular weight excluding hydrogens is 168 g/mol. The first-order valence-electron chi connectivity index (χ1n) is 3.65. The Balaban J connectivity index is 2.67. The molecule has 3 heteroatoms. The topological polar surface area (TPSA) is 25.8 Å². The van der Waals surface area contributed by atoms with Crippen LogP contribution in [-0.2, 0) is 0 Å². The van der Waals surface area contributed by atoms with E-state index in [1.165, 1.54) is 0 Å². The first-order chi connectivity index (χ1) is 5.90. The van der Waals surface area contributed by atoms with Crippen molar-refractivity contribution in [1.29, 1.82) is 0 Å². The maximum Gasteiger partial charge on any atom is 0.0964 e. The van der Waals surface area contributed by atoms with E-state index in [2.05, 4.69) is 9.97 Å². The summed E-state index contributed by atoms with van der Waals surface area (Å²) in [6, 6.07) is 5.98. The molecule has 60 valence electrons. The summed E-state index contributed by atoms with van der Waals surface area (Å²) in [5.41, 5.74) is 1.01. The first kappa shape index (κ1) is 7.55. The molecule has 0 bridgehead atoms. The van der Waals surface area contributed by atoms with Crippen LogP contribution in [0.25, 0.3) is 10.9 Å². The second kappa shape index (κ2) is 3.11. The zero-order valence-corrected chi connectivity index (χ0v) is 7.51. The summed E-state index contributed by atoms with van der Waals surface area (Å²) in [5.74, 6) is 0. The Kier molecular flexibility index (Phi) is 1.96. The SMILES string of the molecule is CSc1ccc2cnccc2n1. The molecule has 12 heavy (non-hydrogen) atoms. The molecule has 0 radical (unpaired) electrons. The second-order valence-electron chi connectivity index (χ2n) is 2.42. The highest BCUT2D eigenvalue weighted by molar-refractivity contribution is 7.98. The van der Waals surface area contributed by atoms with Gasteiger partial charge in [0.05, 0.1) is 10.5 Å². The van der Waals surface area contributed by atoms with E-state index >= 15 is 0 Å². The molecule has 0 N–H and O–H groups in total. The van der Waals surface area contributed by atoms with Crippen LogP contribution >= 0.6 is 11.8 Å². The predicted molar refractivity (Wildman–Crippen MR) is 51.3 cm³/mol. The van der Waals surface area contributed by atoms with Crippen molar-refractivity contribution in [2.45, 2.75) is 5.03 Å². The fourth-order valence-corrected chi connectivity index (χ4v) is 1.45. The van der Waals surface area contributed by atoms with Gasteiger partial charge in [-0.1, -0.05) is 0 Å². The summed E-state index contributed by atoms with van der Waals surface area (Å²) in [4.78, 5) is 8.44. The van der Waals surface area contributed by atoms with E-state index in [-0.39, 0.29) is 0 Å². The van der Waals surface area contributed by atoms with E-state index in [1.54, 1.807) is 18.0 Å². The largest absolute Gasteiger partial charge is 0.264 e. The third-order valence-electron chi connectivity index (χ3n) is 1.67. The van der Waals surface area contributed by atoms with Crippen molar-refractivity contribution in [2.75, 3.05) is 6.26 Å². The van der Waals surface area contributed by atoms with E-state index in [1.807, 2.05) is 30.7 Å². The van der Waals surface area contributed by atoms with Crippen molar-refractivity contribution < 1.29 is 0 Å². The number of rotatable bonds is 1. The summed E-state index contributed by atoms with van der Waals surface area (Å²) >= 11 is 1.65. The highest BCUT2D eigenvalue weighted by Gasteiger charge is 1.94. The summed E-state index contributed by atoms with van der Waals surface area (Å²) in [5, 5.41) is 2.14. The number of fused-ring (bicyclic) bond motifs is 1. The summed E-state index contributed by atoms with van der Waals surface area (Å²) in [7, 11) is 0. The summed E-state index contributed by atoms with van der Waals surface area (Å²) in [6.07, 6.45) is 5.61. The summed E-state index contributed by atoms with van der Waals surface area (Å²) in [6.45, 7) is 0. The van der Waals surface area contributed by atoms with Gasteiger partial charge in [-0.25, -0.2) is 4.98 Å². The number of thioether (sulfide) groups is 1. The van der Waals surface area contributed by atoms with Crippen LogP contribution in [-0.4, -0.2) is 16.2 Å². The highest BCUT2D eigenvalue weighted by Crippen LogP contribution is 2.16. The predicted octanol–water partition coefficient (Wildman–Crippen LogP) is 2.35. The summed E-state index contributed by atoms with van der Waals surface area (Å²) < 4.78 is 0. The lowest BCUT2D eigenvalue weighted by molar-refractivity contribution is 1.18. The molecular formula is C9H8N2S. The molecule has 0 amide bonds. The van der Waals surface area contributed by atoms with Crippen molar-refractivity contribution in [1.82, 2.24) is 9.97 Å². The molecule has 0 aromatic carbocycles. The van der Waals surface area contributed by atoms with Crippen molar-refractivity contribution in [3.63, 3.8) is 0 Å². The molecule has 2 nitrogen and oxygen atoms in total. The lowest BCUT2D eigenvalue weighted by Crippen LogP contribution is -1.81. The van der Waals surface area contributed by atoms with Crippen molar-refractivity contribution in [3.05, 3.63) is 30.6 Å². The van der Waals surface area contributed by atoms with E-state index in [0.29, 0.717) is 0 Å². The van der Waals surface area contributed by atoms with E-state index in [0.717, 1.165) is 15.9 Å². The molecule has 2 heterocycles. The number of pyridine rings is 2. The Morgan fingerprint density at radius 3 is 3.00 bits per heavy atom. The zero-order valence-electron chi connectivity index (χ0n) is 6.69. The van der Waals surface area contributed by atoms with E-state index < -0.39 is 0 Å². The monoisotopic (exact) mass is 176 g/mol. The fourth-order valence-electron chi connectivity index (χ4n) is 1.06. The maximum absolute atomic E-state index is 4.42. The molecule has 0 unspecified atom stereocenters. The van der Waals surface area contributed by atoms with Crippen LogP contribution in [0.2, 0.25) is 0 Å². The van der Waals surface area contributed by atoms with Crippen LogP contribution in [0.5, 0.6) is 0 Å². The minimum atomic E-state index is 1.01. The number of hydrogen-bond donors (Lipinski definition) is 0. The number of hydrogen-bond acceptors (Lipinski definition) is 3. The van der Waals surface area contributed by atoms with Gasteiger partial charge in [0.25, 0.3) is 0 Å². The molecule has 2 aromatic rings. The number of nitrogens with zero attached hydrogens (tertiary/aromatic N) is 2. The molecule has 2 rings (SSSR count). The highest BCUT2D eigenvalue weighted by atomic mass is 32.2.